The van der Waals surface area contributed by atoms with Crippen molar-refractivity contribution < 1.29 is 9.90 Å². The summed E-state index contributed by atoms with van der Waals surface area (Å²) in [5.74, 6) is -1.07. The first kappa shape index (κ1) is 13.5. The van der Waals surface area contributed by atoms with Crippen LogP contribution >= 0.6 is 0 Å². The maximum Gasteiger partial charge on any atom is 0.307 e. The van der Waals surface area contributed by atoms with E-state index in [4.69, 9.17) is 10.8 Å². The zero-order valence-electron chi connectivity index (χ0n) is 10.4. The highest BCUT2D eigenvalue weighted by atomic mass is 16.4. The van der Waals surface area contributed by atoms with E-state index in [1.54, 1.807) is 0 Å². The largest absolute Gasteiger partial charge is 0.481 e. The Kier molecular flexibility index (Phi) is 5.26. The smallest absolute Gasteiger partial charge is 0.307 e. The van der Waals surface area contributed by atoms with Gasteiger partial charge in [0.05, 0.1) is 5.92 Å². The van der Waals surface area contributed by atoms with Crippen molar-refractivity contribution in [1.29, 1.82) is 0 Å². The predicted molar refractivity (Wildman–Crippen MR) is 65.2 cm³/mol. The number of nitrogens with two attached hydrogens (primary N) is 1. The molecule has 0 spiro atoms. The number of carboxylic acids is 1. The summed E-state index contributed by atoms with van der Waals surface area (Å²) in [5, 5.41) is 8.98. The van der Waals surface area contributed by atoms with Crippen LogP contribution < -0.4 is 5.73 Å². The van der Waals surface area contributed by atoms with Gasteiger partial charge in [-0.1, -0.05) is 32.6 Å². The molecule has 0 heterocycles. The molecule has 1 aliphatic carbocycles. The van der Waals surface area contributed by atoms with Gasteiger partial charge in [0.15, 0.2) is 0 Å². The fourth-order valence-electron chi connectivity index (χ4n) is 2.90. The standard InChI is InChI=1S/C13H25NO2/c1-2-13(7-4-3-5-8-13)9-6-11(10-14)12(15)16/h11H,2-10,14H2,1H3,(H,15,16). The minimum absolute atomic E-state index is 0.273. The number of hydrogen-bond acceptors (Lipinski definition) is 2. The summed E-state index contributed by atoms with van der Waals surface area (Å²) in [6.45, 7) is 2.51. The van der Waals surface area contributed by atoms with Gasteiger partial charge in [0, 0.05) is 6.54 Å². The maximum absolute atomic E-state index is 10.9. The summed E-state index contributed by atoms with van der Waals surface area (Å²) in [4.78, 5) is 10.9. The van der Waals surface area contributed by atoms with Gasteiger partial charge in [0.25, 0.3) is 0 Å². The second-order valence-electron chi connectivity index (χ2n) is 5.22. The molecule has 0 aromatic rings. The van der Waals surface area contributed by atoms with Crippen LogP contribution in [0.1, 0.15) is 58.3 Å². The average Bonchev–Trinajstić information content (AvgIpc) is 2.30. The summed E-state index contributed by atoms with van der Waals surface area (Å²) in [6.07, 6.45) is 9.51. The summed E-state index contributed by atoms with van der Waals surface area (Å²) >= 11 is 0. The van der Waals surface area contributed by atoms with Crippen molar-refractivity contribution in [3.05, 3.63) is 0 Å². The van der Waals surface area contributed by atoms with Gasteiger partial charge < -0.3 is 10.8 Å². The quantitative estimate of drug-likeness (QED) is 0.733. The van der Waals surface area contributed by atoms with E-state index in [9.17, 15) is 4.79 Å². The summed E-state index contributed by atoms with van der Waals surface area (Å²) < 4.78 is 0. The van der Waals surface area contributed by atoms with Crippen molar-refractivity contribution in [2.45, 2.75) is 58.3 Å². The van der Waals surface area contributed by atoms with E-state index in [0.717, 1.165) is 12.8 Å². The van der Waals surface area contributed by atoms with Crippen molar-refractivity contribution in [1.82, 2.24) is 0 Å². The summed E-state index contributed by atoms with van der Waals surface area (Å²) in [5.41, 5.74) is 5.91. The number of carboxylic acid groups (broad SMARTS) is 1. The van der Waals surface area contributed by atoms with Gasteiger partial charge in [-0.2, -0.15) is 0 Å². The topological polar surface area (TPSA) is 63.3 Å². The monoisotopic (exact) mass is 227 g/mol. The van der Waals surface area contributed by atoms with Gasteiger partial charge >= 0.3 is 5.97 Å². The van der Waals surface area contributed by atoms with E-state index in [1.807, 2.05) is 0 Å². The lowest BCUT2D eigenvalue weighted by atomic mass is 9.68. The molecule has 1 aliphatic rings. The molecule has 0 aromatic heterocycles. The van der Waals surface area contributed by atoms with Gasteiger partial charge in [-0.25, -0.2) is 0 Å². The van der Waals surface area contributed by atoms with Crippen molar-refractivity contribution in [2.24, 2.45) is 17.1 Å². The third-order valence-electron chi connectivity index (χ3n) is 4.32. The second-order valence-corrected chi connectivity index (χ2v) is 5.22. The first-order chi connectivity index (χ1) is 7.63. The summed E-state index contributed by atoms with van der Waals surface area (Å²) in [7, 11) is 0. The van der Waals surface area contributed by atoms with Crippen LogP contribution in [0.5, 0.6) is 0 Å². The minimum Gasteiger partial charge on any atom is -0.481 e. The lowest BCUT2D eigenvalue weighted by Crippen LogP contribution is -2.28. The molecular formula is C13H25NO2. The molecule has 16 heavy (non-hydrogen) atoms. The number of hydrogen-bond donors (Lipinski definition) is 2. The number of aliphatic carboxylic acids is 1. The zero-order chi connectivity index (χ0) is 12.0. The fraction of sp³-hybridized carbons (Fsp3) is 0.923. The molecule has 1 atom stereocenters. The molecule has 0 aliphatic heterocycles. The molecule has 1 saturated carbocycles. The van der Waals surface area contributed by atoms with Crippen molar-refractivity contribution >= 4 is 5.97 Å². The van der Waals surface area contributed by atoms with E-state index >= 15 is 0 Å². The molecule has 1 unspecified atom stereocenters. The molecule has 0 amide bonds. The summed E-state index contributed by atoms with van der Waals surface area (Å²) in [6, 6.07) is 0. The molecule has 0 radical (unpaired) electrons. The van der Waals surface area contributed by atoms with Crippen LogP contribution in [0.2, 0.25) is 0 Å². The molecule has 94 valence electrons. The minimum atomic E-state index is -0.732. The first-order valence-corrected chi connectivity index (χ1v) is 6.56. The Morgan fingerprint density at radius 3 is 2.44 bits per heavy atom. The van der Waals surface area contributed by atoms with Crippen molar-refractivity contribution in [3.8, 4) is 0 Å². The van der Waals surface area contributed by atoms with Crippen LogP contribution in [0.4, 0.5) is 0 Å². The van der Waals surface area contributed by atoms with E-state index < -0.39 is 5.97 Å². The predicted octanol–water partition coefficient (Wildman–Crippen LogP) is 2.79. The Morgan fingerprint density at radius 2 is 2.00 bits per heavy atom. The molecule has 3 N–H and O–H groups in total. The van der Waals surface area contributed by atoms with Gasteiger partial charge in [0.2, 0.25) is 0 Å². The van der Waals surface area contributed by atoms with E-state index in [-0.39, 0.29) is 12.5 Å². The lowest BCUT2D eigenvalue weighted by Gasteiger charge is -2.37. The van der Waals surface area contributed by atoms with Crippen LogP contribution in [0.15, 0.2) is 0 Å². The Balaban J connectivity index is 2.46. The Labute approximate surface area is 98.4 Å². The molecule has 1 fully saturated rings. The SMILES string of the molecule is CCC1(CCC(CN)C(=O)O)CCCCC1. The normalized spacial score (nSPS) is 21.6. The highest BCUT2D eigenvalue weighted by Gasteiger charge is 2.31. The molecular weight excluding hydrogens is 202 g/mol. The average molecular weight is 227 g/mol. The molecule has 1 rings (SSSR count). The maximum atomic E-state index is 10.9. The lowest BCUT2D eigenvalue weighted by molar-refractivity contribution is -0.141. The Morgan fingerprint density at radius 1 is 1.38 bits per heavy atom. The van der Waals surface area contributed by atoms with Crippen molar-refractivity contribution in [3.63, 3.8) is 0 Å². The van der Waals surface area contributed by atoms with Gasteiger partial charge in [-0.05, 0) is 31.1 Å². The van der Waals surface area contributed by atoms with Gasteiger partial charge in [-0.15, -0.1) is 0 Å². The van der Waals surface area contributed by atoms with Gasteiger partial charge in [-0.3, -0.25) is 4.79 Å². The van der Waals surface area contributed by atoms with Crippen LogP contribution in [-0.4, -0.2) is 17.6 Å². The number of carbonyl (C=O) groups is 1. The van der Waals surface area contributed by atoms with Crippen LogP contribution in [-0.2, 0) is 4.79 Å². The molecule has 0 saturated heterocycles. The molecule has 3 heteroatoms. The fourth-order valence-corrected chi connectivity index (χ4v) is 2.90. The second kappa shape index (κ2) is 6.24. The van der Waals surface area contributed by atoms with E-state index in [2.05, 4.69) is 6.92 Å². The third-order valence-corrected chi connectivity index (χ3v) is 4.32. The highest BCUT2D eigenvalue weighted by Crippen LogP contribution is 2.43. The molecule has 0 aromatic carbocycles. The zero-order valence-corrected chi connectivity index (χ0v) is 10.4. The first-order valence-electron chi connectivity index (χ1n) is 6.56. The van der Waals surface area contributed by atoms with Gasteiger partial charge in [0.1, 0.15) is 0 Å². The van der Waals surface area contributed by atoms with Crippen LogP contribution in [0.3, 0.4) is 0 Å². The van der Waals surface area contributed by atoms with Crippen molar-refractivity contribution in [2.75, 3.05) is 6.54 Å². The Bertz CT molecular complexity index is 222. The van der Waals surface area contributed by atoms with E-state index in [0.29, 0.717) is 5.41 Å². The number of rotatable bonds is 6. The van der Waals surface area contributed by atoms with E-state index in [1.165, 1.54) is 38.5 Å². The molecule has 0 bridgehead atoms. The van der Waals surface area contributed by atoms with Crippen LogP contribution in [0.25, 0.3) is 0 Å². The Hall–Kier alpha value is -0.570. The molecule has 3 nitrogen and oxygen atoms in total. The highest BCUT2D eigenvalue weighted by molar-refractivity contribution is 5.70. The van der Waals surface area contributed by atoms with Crippen LogP contribution in [0, 0.1) is 11.3 Å². The third kappa shape index (κ3) is 3.48.